The first-order valence-corrected chi connectivity index (χ1v) is 8.81. The molecule has 0 radical (unpaired) electrons. The Morgan fingerprint density at radius 1 is 1.07 bits per heavy atom. The number of carbonyl (C=O) groups is 2. The number of benzene rings is 2. The van der Waals surface area contributed by atoms with Crippen LogP contribution in [0.4, 0.5) is 13.9 Å². The maximum atomic E-state index is 13.6. The maximum Gasteiger partial charge on any atom is 0.254 e. The van der Waals surface area contributed by atoms with Crippen molar-refractivity contribution < 1.29 is 18.4 Å². The fourth-order valence-corrected chi connectivity index (χ4v) is 3.24. The highest BCUT2D eigenvalue weighted by atomic mass is 32.1. The molecule has 0 bridgehead atoms. The normalized spacial score (nSPS) is 10.5. The number of nitrogens with one attached hydrogen (secondary N) is 2. The fraction of sp³-hybridized carbons (Fsp3) is 0.105. The van der Waals surface area contributed by atoms with E-state index in [1.54, 1.807) is 12.1 Å². The summed E-state index contributed by atoms with van der Waals surface area (Å²) < 4.78 is 26.6. The molecule has 3 rings (SSSR count). The van der Waals surface area contributed by atoms with Crippen molar-refractivity contribution in [2.24, 2.45) is 0 Å². The number of aryl methyl sites for hydroxylation is 1. The number of hydrogen-bond acceptors (Lipinski definition) is 4. The van der Waals surface area contributed by atoms with Crippen molar-refractivity contribution in [3.63, 3.8) is 0 Å². The van der Waals surface area contributed by atoms with E-state index in [0.29, 0.717) is 10.8 Å². The molecule has 138 valence electrons. The minimum Gasteiger partial charge on any atom is -0.343 e. The van der Waals surface area contributed by atoms with Gasteiger partial charge in [-0.15, -0.1) is 11.3 Å². The second kappa shape index (κ2) is 8.05. The first-order valence-electron chi connectivity index (χ1n) is 8.00. The lowest BCUT2D eigenvalue weighted by molar-refractivity contribution is -0.115. The molecule has 0 unspecified atom stereocenters. The minimum absolute atomic E-state index is 0.131. The molecule has 0 atom stereocenters. The van der Waals surface area contributed by atoms with Crippen LogP contribution in [-0.2, 0) is 4.79 Å². The molecule has 0 saturated carbocycles. The van der Waals surface area contributed by atoms with E-state index in [1.165, 1.54) is 47.7 Å². The Balaban J connectivity index is 1.61. The van der Waals surface area contributed by atoms with Crippen molar-refractivity contribution in [3.05, 3.63) is 70.6 Å². The van der Waals surface area contributed by atoms with Crippen LogP contribution < -0.4 is 10.6 Å². The zero-order valence-corrected chi connectivity index (χ0v) is 15.1. The Bertz CT molecular complexity index is 987. The second-order valence-electron chi connectivity index (χ2n) is 5.64. The topological polar surface area (TPSA) is 71.1 Å². The van der Waals surface area contributed by atoms with E-state index in [2.05, 4.69) is 15.6 Å². The Morgan fingerprint density at radius 3 is 2.48 bits per heavy atom. The summed E-state index contributed by atoms with van der Waals surface area (Å²) in [6.07, 6.45) is 0. The van der Waals surface area contributed by atoms with E-state index in [-0.39, 0.29) is 17.9 Å². The Hall–Kier alpha value is -3.13. The highest BCUT2D eigenvalue weighted by Gasteiger charge is 2.14. The summed E-state index contributed by atoms with van der Waals surface area (Å²) in [5.41, 5.74) is 1.25. The van der Waals surface area contributed by atoms with Crippen molar-refractivity contribution >= 4 is 28.3 Å². The quantitative estimate of drug-likeness (QED) is 0.700. The van der Waals surface area contributed by atoms with E-state index in [4.69, 9.17) is 0 Å². The van der Waals surface area contributed by atoms with Gasteiger partial charge in [0.25, 0.3) is 5.91 Å². The first-order chi connectivity index (χ1) is 12.9. The number of anilines is 1. The highest BCUT2D eigenvalue weighted by molar-refractivity contribution is 7.16. The van der Waals surface area contributed by atoms with Crippen LogP contribution in [0.1, 0.15) is 15.2 Å². The number of hydrogen-bond donors (Lipinski definition) is 2. The highest BCUT2D eigenvalue weighted by Crippen LogP contribution is 2.30. The van der Waals surface area contributed by atoms with Crippen molar-refractivity contribution in [2.75, 3.05) is 11.9 Å². The smallest absolute Gasteiger partial charge is 0.254 e. The molecule has 0 aliphatic rings. The number of nitrogens with zero attached hydrogens (tertiary/aromatic N) is 1. The van der Waals surface area contributed by atoms with Crippen molar-refractivity contribution in [3.8, 4) is 11.3 Å². The molecule has 0 saturated heterocycles. The number of halogens is 2. The molecule has 1 aromatic heterocycles. The molecule has 1 heterocycles. The summed E-state index contributed by atoms with van der Waals surface area (Å²) in [7, 11) is 0. The second-order valence-corrected chi connectivity index (χ2v) is 6.84. The maximum absolute atomic E-state index is 13.6. The third kappa shape index (κ3) is 4.53. The number of thiazole rings is 1. The van der Waals surface area contributed by atoms with E-state index >= 15 is 0 Å². The lowest BCUT2D eigenvalue weighted by Gasteiger charge is -2.05. The van der Waals surface area contributed by atoms with Crippen molar-refractivity contribution in [1.82, 2.24) is 10.3 Å². The summed E-state index contributed by atoms with van der Waals surface area (Å²) in [5.74, 6) is -2.16. The van der Waals surface area contributed by atoms with Crippen LogP contribution in [0.15, 0.2) is 48.5 Å². The Morgan fingerprint density at radius 2 is 1.78 bits per heavy atom. The third-order valence-electron chi connectivity index (χ3n) is 3.69. The van der Waals surface area contributed by atoms with Crippen LogP contribution >= 0.6 is 11.3 Å². The van der Waals surface area contributed by atoms with Gasteiger partial charge in [0.1, 0.15) is 11.6 Å². The molecule has 0 aliphatic carbocycles. The van der Waals surface area contributed by atoms with Crippen LogP contribution in [0, 0.1) is 18.6 Å². The summed E-state index contributed by atoms with van der Waals surface area (Å²) in [6.45, 7) is 1.52. The molecular formula is C19H15F2N3O2S. The van der Waals surface area contributed by atoms with Crippen molar-refractivity contribution in [1.29, 1.82) is 0 Å². The average Bonchev–Trinajstić information content (AvgIpc) is 3.01. The zero-order valence-electron chi connectivity index (χ0n) is 14.3. The predicted octanol–water partition coefficient (Wildman–Crippen LogP) is 3.77. The minimum atomic E-state index is -0.675. The van der Waals surface area contributed by atoms with Gasteiger partial charge in [-0.25, -0.2) is 13.8 Å². The Labute approximate surface area is 158 Å². The van der Waals surface area contributed by atoms with Gasteiger partial charge in [-0.2, -0.15) is 0 Å². The fourth-order valence-electron chi connectivity index (χ4n) is 2.39. The Kier molecular flexibility index (Phi) is 5.56. The van der Waals surface area contributed by atoms with Crippen LogP contribution in [-0.4, -0.2) is 23.3 Å². The largest absolute Gasteiger partial charge is 0.343 e. The molecule has 5 nitrogen and oxygen atoms in total. The number of rotatable bonds is 5. The van der Waals surface area contributed by atoms with Crippen molar-refractivity contribution in [2.45, 2.75) is 6.92 Å². The summed E-state index contributed by atoms with van der Waals surface area (Å²) in [6, 6.07) is 11.4. The van der Waals surface area contributed by atoms with Gasteiger partial charge < -0.3 is 10.6 Å². The monoisotopic (exact) mass is 387 g/mol. The molecule has 0 spiro atoms. The molecule has 2 amide bonds. The van der Waals surface area contributed by atoms with E-state index in [9.17, 15) is 18.4 Å². The SMILES string of the molecule is Cc1sc(NC(=O)CNC(=O)c2ccccc2F)nc1-c1ccc(F)cc1. The van der Waals surface area contributed by atoms with Gasteiger partial charge in [0.05, 0.1) is 17.8 Å². The van der Waals surface area contributed by atoms with Gasteiger partial charge in [-0.05, 0) is 43.3 Å². The number of carbonyl (C=O) groups excluding carboxylic acids is 2. The molecule has 0 fully saturated rings. The van der Waals surface area contributed by atoms with Crippen LogP contribution in [0.25, 0.3) is 11.3 Å². The molecule has 2 aromatic carbocycles. The van der Waals surface area contributed by atoms with Gasteiger partial charge in [0.2, 0.25) is 5.91 Å². The molecule has 8 heteroatoms. The summed E-state index contributed by atoms with van der Waals surface area (Å²) in [4.78, 5) is 29.1. The lowest BCUT2D eigenvalue weighted by atomic mass is 10.1. The van der Waals surface area contributed by atoms with Gasteiger partial charge in [0, 0.05) is 10.4 Å². The predicted molar refractivity (Wildman–Crippen MR) is 99.6 cm³/mol. The van der Waals surface area contributed by atoms with Gasteiger partial charge in [-0.1, -0.05) is 12.1 Å². The van der Waals surface area contributed by atoms with Gasteiger partial charge in [-0.3, -0.25) is 9.59 Å². The molecule has 3 aromatic rings. The van der Waals surface area contributed by atoms with Gasteiger partial charge in [0.15, 0.2) is 5.13 Å². The number of aromatic nitrogens is 1. The van der Waals surface area contributed by atoms with Crippen LogP contribution in [0.3, 0.4) is 0 Å². The lowest BCUT2D eigenvalue weighted by Crippen LogP contribution is -2.33. The zero-order chi connectivity index (χ0) is 19.4. The summed E-state index contributed by atoms with van der Waals surface area (Å²) in [5, 5.41) is 5.31. The number of amides is 2. The first kappa shape index (κ1) is 18.7. The summed E-state index contributed by atoms with van der Waals surface area (Å²) >= 11 is 1.27. The van der Waals surface area contributed by atoms with Crippen LogP contribution in [0.5, 0.6) is 0 Å². The average molecular weight is 387 g/mol. The van der Waals surface area contributed by atoms with E-state index in [0.717, 1.165) is 10.4 Å². The van der Waals surface area contributed by atoms with Gasteiger partial charge >= 0.3 is 0 Å². The molecule has 0 aliphatic heterocycles. The molecular weight excluding hydrogens is 372 g/mol. The van der Waals surface area contributed by atoms with E-state index in [1.807, 2.05) is 6.92 Å². The van der Waals surface area contributed by atoms with Crippen LogP contribution in [0.2, 0.25) is 0 Å². The third-order valence-corrected chi connectivity index (χ3v) is 4.57. The molecule has 27 heavy (non-hydrogen) atoms. The standard InChI is InChI=1S/C19H15F2N3O2S/c1-11-17(12-6-8-13(20)9-7-12)24-19(27-11)23-16(25)10-22-18(26)14-4-2-3-5-15(14)21/h2-9H,10H2,1H3,(H,22,26)(H,23,24,25). The molecule has 2 N–H and O–H groups in total. The van der Waals surface area contributed by atoms with E-state index < -0.39 is 17.6 Å².